The van der Waals surface area contributed by atoms with E-state index in [9.17, 15) is 18.0 Å². The molecule has 0 aliphatic carbocycles. The molecule has 0 saturated heterocycles. The van der Waals surface area contributed by atoms with E-state index in [0.717, 1.165) is 28.5 Å². The fourth-order valence-electron chi connectivity index (χ4n) is 3.40. The van der Waals surface area contributed by atoms with Crippen LogP contribution >= 0.6 is 0 Å². The van der Waals surface area contributed by atoms with Gasteiger partial charge >= 0.3 is 12.2 Å². The Hall–Kier alpha value is -3.81. The summed E-state index contributed by atoms with van der Waals surface area (Å²) in [6, 6.07) is 21.5. The van der Waals surface area contributed by atoms with Crippen LogP contribution in [0.2, 0.25) is 0 Å². The highest BCUT2D eigenvalue weighted by atomic mass is 19.4. The molecular formula is C23H19F3N4O. The highest BCUT2D eigenvalue weighted by Crippen LogP contribution is 2.34. The van der Waals surface area contributed by atoms with Crippen LogP contribution in [0.25, 0.3) is 22.4 Å². The quantitative estimate of drug-likeness (QED) is 0.442. The first kappa shape index (κ1) is 20.5. The minimum absolute atomic E-state index is 0.209. The summed E-state index contributed by atoms with van der Waals surface area (Å²) < 4.78 is 41.3. The summed E-state index contributed by atoms with van der Waals surface area (Å²) in [4.78, 5) is 16.9. The zero-order chi connectivity index (χ0) is 21.8. The minimum Gasteiger partial charge on any atom is -0.336 e. The van der Waals surface area contributed by atoms with Gasteiger partial charge in [-0.25, -0.2) is 9.78 Å². The molecule has 0 unspecified atom stereocenters. The van der Waals surface area contributed by atoms with Crippen LogP contribution in [0.15, 0.2) is 78.9 Å². The van der Waals surface area contributed by atoms with Crippen molar-refractivity contribution in [1.82, 2.24) is 14.9 Å². The first-order valence-corrected chi connectivity index (χ1v) is 9.65. The summed E-state index contributed by atoms with van der Waals surface area (Å²) in [5.41, 5.74) is 1.49. The highest BCUT2D eigenvalue weighted by molar-refractivity contribution is 5.90. The Morgan fingerprint density at radius 1 is 0.903 bits per heavy atom. The monoisotopic (exact) mass is 424 g/mol. The number of carbonyl (C=O) groups is 1. The van der Waals surface area contributed by atoms with Crippen molar-refractivity contribution in [2.24, 2.45) is 0 Å². The summed E-state index contributed by atoms with van der Waals surface area (Å²) in [5.74, 6) is 0.756. The molecule has 2 amide bonds. The smallest absolute Gasteiger partial charge is 0.336 e. The summed E-state index contributed by atoms with van der Waals surface area (Å²) in [6.45, 7) is 0.610. The number of nitrogens with zero attached hydrogens (tertiary/aromatic N) is 2. The molecule has 5 nitrogen and oxygen atoms in total. The lowest BCUT2D eigenvalue weighted by Gasteiger charge is -2.14. The number of benzene rings is 3. The molecular weight excluding hydrogens is 405 g/mol. The van der Waals surface area contributed by atoms with Crippen molar-refractivity contribution in [2.45, 2.75) is 12.7 Å². The lowest BCUT2D eigenvalue weighted by atomic mass is 10.1. The number of imidazole rings is 1. The average molecular weight is 424 g/mol. The number of halogens is 3. The van der Waals surface area contributed by atoms with Gasteiger partial charge in [0.25, 0.3) is 0 Å². The van der Waals surface area contributed by atoms with E-state index in [0.29, 0.717) is 6.54 Å². The highest BCUT2D eigenvalue weighted by Gasteiger charge is 2.33. The number of urea groups is 1. The Morgan fingerprint density at radius 2 is 1.58 bits per heavy atom. The van der Waals surface area contributed by atoms with Crippen molar-refractivity contribution >= 4 is 22.8 Å². The second-order valence-electron chi connectivity index (χ2n) is 6.87. The lowest BCUT2D eigenvalue weighted by molar-refractivity contribution is -0.136. The second-order valence-corrected chi connectivity index (χ2v) is 6.87. The van der Waals surface area contributed by atoms with Gasteiger partial charge in [-0.2, -0.15) is 13.2 Å². The Labute approximate surface area is 176 Å². The Bertz CT molecular complexity index is 1200. The van der Waals surface area contributed by atoms with E-state index in [4.69, 9.17) is 4.98 Å². The van der Waals surface area contributed by atoms with Crippen LogP contribution in [0.4, 0.5) is 23.7 Å². The van der Waals surface area contributed by atoms with Gasteiger partial charge in [0.1, 0.15) is 5.82 Å². The van der Waals surface area contributed by atoms with Crippen molar-refractivity contribution in [1.29, 1.82) is 0 Å². The Morgan fingerprint density at radius 3 is 2.35 bits per heavy atom. The number of carbonyl (C=O) groups excluding carboxylic acids is 1. The molecule has 0 aliphatic rings. The number of rotatable bonds is 5. The molecule has 1 aromatic heterocycles. The first-order valence-electron chi connectivity index (χ1n) is 9.65. The van der Waals surface area contributed by atoms with Crippen molar-refractivity contribution in [3.8, 4) is 11.4 Å². The molecule has 4 aromatic rings. The maximum atomic E-state index is 13.1. The number of fused-ring (bicyclic) bond motifs is 1. The molecule has 2 N–H and O–H groups in total. The molecule has 3 aromatic carbocycles. The molecule has 31 heavy (non-hydrogen) atoms. The van der Waals surface area contributed by atoms with Crippen LogP contribution in [0, 0.1) is 0 Å². The number of hydrogen-bond donors (Lipinski definition) is 2. The number of anilines is 1. The first-order chi connectivity index (χ1) is 14.9. The fraction of sp³-hybridized carbons (Fsp3) is 0.130. The molecule has 4 rings (SSSR count). The molecule has 0 fully saturated rings. The van der Waals surface area contributed by atoms with Gasteiger partial charge in [0.15, 0.2) is 0 Å². The van der Waals surface area contributed by atoms with Gasteiger partial charge in [-0.1, -0.05) is 54.6 Å². The van der Waals surface area contributed by atoms with Crippen LogP contribution in [0.1, 0.15) is 5.56 Å². The van der Waals surface area contributed by atoms with Gasteiger partial charge in [-0.05, 0) is 24.3 Å². The van der Waals surface area contributed by atoms with E-state index >= 15 is 0 Å². The van der Waals surface area contributed by atoms with E-state index in [-0.39, 0.29) is 12.2 Å². The van der Waals surface area contributed by atoms with Crippen molar-refractivity contribution in [2.75, 3.05) is 11.9 Å². The van der Waals surface area contributed by atoms with E-state index in [1.165, 1.54) is 18.2 Å². The molecule has 0 saturated carbocycles. The van der Waals surface area contributed by atoms with Crippen molar-refractivity contribution in [3.63, 3.8) is 0 Å². The number of nitrogens with one attached hydrogen (secondary N) is 2. The van der Waals surface area contributed by atoms with E-state index < -0.39 is 17.8 Å². The predicted molar refractivity (Wildman–Crippen MR) is 114 cm³/mol. The molecule has 158 valence electrons. The maximum absolute atomic E-state index is 13.1. The Kier molecular flexibility index (Phi) is 5.62. The van der Waals surface area contributed by atoms with Gasteiger partial charge in [-0.3, -0.25) is 0 Å². The van der Waals surface area contributed by atoms with Gasteiger partial charge in [0.05, 0.1) is 22.3 Å². The van der Waals surface area contributed by atoms with Crippen molar-refractivity contribution in [3.05, 3.63) is 84.4 Å². The number of hydrogen-bond acceptors (Lipinski definition) is 2. The number of aromatic nitrogens is 2. The third-order valence-electron chi connectivity index (χ3n) is 4.79. The fourth-order valence-corrected chi connectivity index (χ4v) is 3.40. The third kappa shape index (κ3) is 4.53. The lowest BCUT2D eigenvalue weighted by Crippen LogP contribution is -2.32. The predicted octanol–water partition coefficient (Wildman–Crippen LogP) is 5.54. The van der Waals surface area contributed by atoms with Gasteiger partial charge in [-0.15, -0.1) is 0 Å². The number of amides is 2. The molecule has 0 aliphatic heterocycles. The summed E-state index contributed by atoms with van der Waals surface area (Å²) >= 11 is 0. The Balaban J connectivity index is 1.49. The van der Waals surface area contributed by atoms with Crippen LogP contribution in [0.3, 0.4) is 0 Å². The standard InChI is InChI=1S/C23H19F3N4O/c24-23(25,26)17-10-4-5-11-18(17)29-22(31)27-14-15-30-20-13-7-6-12-19(20)28-21(30)16-8-2-1-3-9-16/h1-13H,14-15H2,(H2,27,29,31). The van der Waals surface area contributed by atoms with Crippen LogP contribution in [-0.2, 0) is 12.7 Å². The second kappa shape index (κ2) is 8.51. The largest absolute Gasteiger partial charge is 0.418 e. The molecule has 0 radical (unpaired) electrons. The molecule has 1 heterocycles. The molecule has 0 atom stereocenters. The maximum Gasteiger partial charge on any atom is 0.418 e. The van der Waals surface area contributed by atoms with E-state index in [1.54, 1.807) is 0 Å². The summed E-state index contributed by atoms with van der Waals surface area (Å²) in [7, 11) is 0. The molecule has 0 bridgehead atoms. The average Bonchev–Trinajstić information content (AvgIpc) is 3.13. The van der Waals surface area contributed by atoms with Crippen LogP contribution in [-0.4, -0.2) is 22.1 Å². The third-order valence-corrected chi connectivity index (χ3v) is 4.79. The van der Waals surface area contributed by atoms with Gasteiger partial charge in [0, 0.05) is 18.7 Å². The van der Waals surface area contributed by atoms with Crippen molar-refractivity contribution < 1.29 is 18.0 Å². The zero-order valence-electron chi connectivity index (χ0n) is 16.4. The summed E-state index contributed by atoms with van der Waals surface area (Å²) in [5, 5.41) is 4.91. The number of para-hydroxylation sites is 3. The molecule has 0 spiro atoms. The topological polar surface area (TPSA) is 59.0 Å². The SMILES string of the molecule is O=C(NCCn1c(-c2ccccc2)nc2ccccc21)Nc1ccccc1C(F)(F)F. The number of alkyl halides is 3. The van der Waals surface area contributed by atoms with Gasteiger partial charge < -0.3 is 15.2 Å². The normalized spacial score (nSPS) is 11.5. The zero-order valence-corrected chi connectivity index (χ0v) is 16.4. The van der Waals surface area contributed by atoms with Gasteiger partial charge in [0.2, 0.25) is 0 Å². The minimum atomic E-state index is -4.55. The van der Waals surface area contributed by atoms with E-state index in [1.807, 2.05) is 59.2 Å². The summed E-state index contributed by atoms with van der Waals surface area (Å²) in [6.07, 6.45) is -4.55. The molecule has 8 heteroatoms. The van der Waals surface area contributed by atoms with Crippen LogP contribution in [0.5, 0.6) is 0 Å². The van der Waals surface area contributed by atoms with Crippen LogP contribution < -0.4 is 10.6 Å². The van der Waals surface area contributed by atoms with E-state index in [2.05, 4.69) is 10.6 Å².